The highest BCUT2D eigenvalue weighted by Gasteiger charge is 2.42. The van der Waals surface area contributed by atoms with Crippen molar-refractivity contribution in [1.82, 2.24) is 20.4 Å². The van der Waals surface area contributed by atoms with Crippen molar-refractivity contribution < 1.29 is 33.8 Å². The summed E-state index contributed by atoms with van der Waals surface area (Å²) in [6, 6.07) is 7.85. The molecule has 0 saturated carbocycles. The predicted molar refractivity (Wildman–Crippen MR) is 176 cm³/mol. The maximum Gasteiger partial charge on any atom is 0.242 e. The number of likely N-dealkylation sites (tertiary alicyclic amines) is 1. The van der Waals surface area contributed by atoms with Crippen molar-refractivity contribution >= 4 is 23.6 Å². The van der Waals surface area contributed by atoms with Gasteiger partial charge in [-0.1, -0.05) is 57.5 Å². The summed E-state index contributed by atoms with van der Waals surface area (Å²) in [5.41, 5.74) is 5.43. The van der Waals surface area contributed by atoms with Gasteiger partial charge in [0, 0.05) is 27.8 Å². The largest absolute Gasteiger partial charge is 0.386 e. The molecule has 12 nitrogen and oxygen atoms in total. The molecule has 0 bridgehead atoms. The second kappa shape index (κ2) is 17.7. The van der Waals surface area contributed by atoms with E-state index in [2.05, 4.69) is 10.6 Å². The van der Waals surface area contributed by atoms with Crippen molar-refractivity contribution in [3.63, 3.8) is 0 Å². The zero-order valence-corrected chi connectivity index (χ0v) is 29.1. The molecule has 0 spiro atoms. The van der Waals surface area contributed by atoms with E-state index in [1.807, 2.05) is 44.2 Å². The van der Waals surface area contributed by atoms with Crippen LogP contribution in [0, 0.1) is 11.8 Å². The minimum atomic E-state index is -1.12. The van der Waals surface area contributed by atoms with Crippen LogP contribution in [0.25, 0.3) is 0 Å². The molecule has 2 rings (SSSR count). The van der Waals surface area contributed by atoms with Gasteiger partial charge in [0.25, 0.3) is 0 Å². The van der Waals surface area contributed by atoms with E-state index in [1.165, 1.54) is 7.11 Å². The van der Waals surface area contributed by atoms with Crippen LogP contribution in [0.3, 0.4) is 0 Å². The van der Waals surface area contributed by atoms with E-state index in [1.54, 1.807) is 51.7 Å². The number of likely N-dealkylation sites (N-methyl/N-ethyl adjacent to an activating group) is 1. The van der Waals surface area contributed by atoms with E-state index in [0.717, 1.165) is 12.8 Å². The van der Waals surface area contributed by atoms with Crippen LogP contribution in [0.2, 0.25) is 0 Å². The lowest BCUT2D eigenvalue weighted by atomic mass is 9.90. The first-order valence-corrected chi connectivity index (χ1v) is 16.3. The predicted octanol–water partition coefficient (Wildman–Crippen LogP) is 2.00. The Morgan fingerprint density at radius 1 is 1.11 bits per heavy atom. The molecule has 1 fully saturated rings. The number of nitrogens with two attached hydrogens (primary N) is 1. The number of methoxy groups -OCH3 is 2. The number of amides is 4. The summed E-state index contributed by atoms with van der Waals surface area (Å²) in [6.07, 6.45) is 0.141. The highest BCUT2D eigenvalue weighted by Crippen LogP contribution is 2.29. The number of carbonyl (C=O) groups excluding carboxylic acids is 4. The van der Waals surface area contributed by atoms with E-state index in [0.29, 0.717) is 18.5 Å². The van der Waals surface area contributed by atoms with Gasteiger partial charge in [0.2, 0.25) is 23.6 Å². The van der Waals surface area contributed by atoms with E-state index in [4.69, 9.17) is 15.2 Å². The molecule has 0 aromatic heterocycles. The molecule has 1 aromatic carbocycles. The second-order valence-electron chi connectivity index (χ2n) is 13.2. The number of nitrogens with zero attached hydrogens (tertiary/aromatic N) is 2. The van der Waals surface area contributed by atoms with Crippen LogP contribution >= 0.6 is 0 Å². The number of hydrogen-bond donors (Lipinski definition) is 4. The van der Waals surface area contributed by atoms with Gasteiger partial charge in [-0.2, -0.15) is 0 Å². The lowest BCUT2D eigenvalue weighted by molar-refractivity contribution is -0.146. The lowest BCUT2D eigenvalue weighted by Gasteiger charge is -2.39. The highest BCUT2D eigenvalue weighted by atomic mass is 16.5. The number of rotatable bonds is 17. The molecular formula is C34H57N5O7. The fraction of sp³-hybridized carbons (Fsp3) is 0.706. The first-order chi connectivity index (χ1) is 21.6. The molecule has 260 valence electrons. The van der Waals surface area contributed by atoms with Crippen molar-refractivity contribution in [2.24, 2.45) is 17.6 Å². The van der Waals surface area contributed by atoms with Gasteiger partial charge in [0.05, 0.1) is 60.9 Å². The topological polar surface area (TPSA) is 164 Å². The maximum atomic E-state index is 13.9. The van der Waals surface area contributed by atoms with Crippen LogP contribution in [-0.4, -0.2) is 109 Å². The van der Waals surface area contributed by atoms with Crippen LogP contribution in [0.4, 0.5) is 0 Å². The van der Waals surface area contributed by atoms with Gasteiger partial charge in [0.15, 0.2) is 0 Å². The number of hydrogen-bond acceptors (Lipinski definition) is 8. The first kappa shape index (κ1) is 39.1. The molecule has 8 unspecified atom stereocenters. The Morgan fingerprint density at radius 2 is 1.74 bits per heavy atom. The summed E-state index contributed by atoms with van der Waals surface area (Å²) in [5.74, 6) is -1.79. The van der Waals surface area contributed by atoms with Gasteiger partial charge >= 0.3 is 0 Å². The summed E-state index contributed by atoms with van der Waals surface area (Å²) in [6.45, 7) is 11.0. The monoisotopic (exact) mass is 647 g/mol. The Labute approximate surface area is 274 Å². The zero-order valence-electron chi connectivity index (χ0n) is 29.1. The molecular weight excluding hydrogens is 590 g/mol. The van der Waals surface area contributed by atoms with E-state index in [9.17, 15) is 24.3 Å². The summed E-state index contributed by atoms with van der Waals surface area (Å²) >= 11 is 0. The Kier molecular flexibility index (Phi) is 15.1. The van der Waals surface area contributed by atoms with Crippen molar-refractivity contribution in [1.29, 1.82) is 0 Å². The van der Waals surface area contributed by atoms with Gasteiger partial charge in [-0.25, -0.2) is 0 Å². The Balaban J connectivity index is 2.15. The molecule has 0 radical (unpaired) electrons. The third kappa shape index (κ3) is 10.2. The van der Waals surface area contributed by atoms with E-state index in [-0.39, 0.29) is 42.6 Å². The molecule has 46 heavy (non-hydrogen) atoms. The molecule has 1 aliphatic heterocycles. The van der Waals surface area contributed by atoms with Crippen molar-refractivity contribution in [2.45, 2.75) is 109 Å². The molecule has 12 heteroatoms. The van der Waals surface area contributed by atoms with Crippen LogP contribution in [0.1, 0.15) is 78.9 Å². The number of benzene rings is 1. The summed E-state index contributed by atoms with van der Waals surface area (Å²) in [5, 5.41) is 16.3. The third-order valence-electron chi connectivity index (χ3n) is 9.27. The smallest absolute Gasteiger partial charge is 0.242 e. The van der Waals surface area contributed by atoms with Gasteiger partial charge in [-0.15, -0.1) is 0 Å². The Bertz CT molecular complexity index is 1140. The molecule has 4 amide bonds. The minimum Gasteiger partial charge on any atom is -0.386 e. The Hall–Kier alpha value is -3.06. The van der Waals surface area contributed by atoms with Crippen LogP contribution < -0.4 is 16.4 Å². The van der Waals surface area contributed by atoms with Crippen molar-refractivity contribution in [3.05, 3.63) is 35.9 Å². The number of nitrogens with one attached hydrogen (secondary N) is 2. The quantitative estimate of drug-likeness (QED) is 0.200. The molecule has 1 aliphatic rings. The highest BCUT2D eigenvalue weighted by molar-refractivity contribution is 5.89. The fourth-order valence-corrected chi connectivity index (χ4v) is 6.21. The average Bonchev–Trinajstić information content (AvgIpc) is 3.52. The van der Waals surface area contributed by atoms with E-state index >= 15 is 0 Å². The number of carbonyl (C=O) groups is 4. The van der Waals surface area contributed by atoms with E-state index < -0.39 is 47.8 Å². The SMILES string of the molecule is CCC(C)C(C(CC(=O)N1CCCC1C(OC)C(C)C(=O)NC(C)C(O)c1ccccc1)OC)N(C)C(=O)CNC(=O)C(C)(C)N. The lowest BCUT2D eigenvalue weighted by Crippen LogP contribution is -2.56. The third-order valence-corrected chi connectivity index (χ3v) is 9.27. The molecule has 5 N–H and O–H groups in total. The molecule has 1 saturated heterocycles. The summed E-state index contributed by atoms with van der Waals surface area (Å²) in [7, 11) is 4.73. The minimum absolute atomic E-state index is 0.00797. The summed E-state index contributed by atoms with van der Waals surface area (Å²) in [4.78, 5) is 55.9. The van der Waals surface area contributed by atoms with Gasteiger partial charge in [0.1, 0.15) is 0 Å². The van der Waals surface area contributed by atoms with Crippen LogP contribution in [0.15, 0.2) is 30.3 Å². The fourth-order valence-electron chi connectivity index (χ4n) is 6.21. The molecule has 1 heterocycles. The molecule has 1 aromatic rings. The van der Waals surface area contributed by atoms with Crippen molar-refractivity contribution in [2.75, 3.05) is 34.4 Å². The normalized spacial score (nSPS) is 19.7. The maximum absolute atomic E-state index is 13.9. The second-order valence-corrected chi connectivity index (χ2v) is 13.2. The van der Waals surface area contributed by atoms with Crippen LogP contribution in [-0.2, 0) is 28.7 Å². The van der Waals surface area contributed by atoms with Gasteiger partial charge < -0.3 is 40.7 Å². The average molecular weight is 648 g/mol. The van der Waals surface area contributed by atoms with Crippen LogP contribution in [0.5, 0.6) is 0 Å². The molecule has 0 aliphatic carbocycles. The number of ether oxygens (including phenoxy) is 2. The van der Waals surface area contributed by atoms with Gasteiger partial charge in [-0.05, 0) is 45.1 Å². The zero-order chi connectivity index (χ0) is 34.8. The number of aliphatic hydroxyl groups is 1. The number of aliphatic hydroxyl groups excluding tert-OH is 1. The first-order valence-electron chi connectivity index (χ1n) is 16.3. The molecule has 8 atom stereocenters. The van der Waals surface area contributed by atoms with Gasteiger partial charge in [-0.3, -0.25) is 19.2 Å². The van der Waals surface area contributed by atoms with Crippen molar-refractivity contribution in [3.8, 4) is 0 Å². The Morgan fingerprint density at radius 3 is 2.28 bits per heavy atom. The standard InChI is InChI=1S/C34H57N5O7/c1-10-21(2)29(38(7)28(41)20-36-33(44)34(5,6)35)26(45-8)19-27(40)39-18-14-17-25(39)31(46-9)22(3)32(43)37-23(4)30(42)24-15-12-11-13-16-24/h11-13,15-16,21-23,25-26,29-31,42H,10,14,17-20,35H2,1-9H3,(H,36,44)(H,37,43). The summed E-state index contributed by atoms with van der Waals surface area (Å²) < 4.78 is 11.7.